The first-order chi connectivity index (χ1) is 15.4. The smallest absolute Gasteiger partial charge is 0.424 e. The lowest BCUT2D eigenvalue weighted by atomic mass is 9.91. The predicted octanol–water partition coefficient (Wildman–Crippen LogP) is 3.41. The molecule has 0 radical (unpaired) electrons. The molecule has 2 aromatic rings. The van der Waals surface area contributed by atoms with E-state index >= 15 is 0 Å². The van der Waals surface area contributed by atoms with Gasteiger partial charge in [-0.25, -0.2) is 4.98 Å². The fraction of sp³-hybridized carbons (Fsp3) is 0.522. The van der Waals surface area contributed by atoms with Crippen molar-refractivity contribution in [2.24, 2.45) is 0 Å². The zero-order valence-electron chi connectivity index (χ0n) is 19.1. The Morgan fingerprint density at radius 3 is 2.38 bits per heavy atom. The number of aliphatic hydroxyl groups is 2. The SMILES string of the molecule is C.COc1cc(C(=O)NCC(O)(c2cc(C(C)C)c(C)c(C)n2)C(F)(F)F)ncc1OCCO. The monoisotopic (exact) mass is 487 g/mol. The minimum atomic E-state index is -5.11. The van der Waals surface area contributed by atoms with E-state index in [1.807, 2.05) is 13.8 Å². The maximum absolute atomic E-state index is 14.0. The van der Waals surface area contributed by atoms with Crippen molar-refractivity contribution in [2.45, 2.75) is 52.8 Å². The number of hydrogen-bond acceptors (Lipinski definition) is 7. The van der Waals surface area contributed by atoms with Crippen molar-refractivity contribution in [3.63, 3.8) is 0 Å². The molecule has 0 saturated carbocycles. The third-order valence-electron chi connectivity index (χ3n) is 5.21. The van der Waals surface area contributed by atoms with E-state index in [-0.39, 0.29) is 43.8 Å². The molecule has 0 aliphatic heterocycles. The number of nitrogens with one attached hydrogen (secondary N) is 1. The van der Waals surface area contributed by atoms with Crippen molar-refractivity contribution in [3.05, 3.63) is 46.5 Å². The molecule has 2 heterocycles. The van der Waals surface area contributed by atoms with E-state index in [1.54, 1.807) is 13.8 Å². The van der Waals surface area contributed by atoms with Crippen LogP contribution in [0.1, 0.15) is 60.2 Å². The number of aliphatic hydroxyl groups excluding tert-OH is 1. The van der Waals surface area contributed by atoms with Crippen molar-refractivity contribution < 1.29 is 37.7 Å². The van der Waals surface area contributed by atoms with Gasteiger partial charge in [-0.2, -0.15) is 13.2 Å². The van der Waals surface area contributed by atoms with Gasteiger partial charge in [0.05, 0.1) is 32.2 Å². The molecule has 11 heteroatoms. The van der Waals surface area contributed by atoms with Crippen LogP contribution in [-0.4, -0.2) is 59.1 Å². The molecule has 3 N–H and O–H groups in total. The summed E-state index contributed by atoms with van der Waals surface area (Å²) in [6.07, 6.45) is -3.96. The Morgan fingerprint density at radius 2 is 1.85 bits per heavy atom. The Bertz CT molecular complexity index is 999. The number of hydrogen-bond donors (Lipinski definition) is 3. The van der Waals surface area contributed by atoms with E-state index in [0.717, 1.165) is 11.8 Å². The van der Waals surface area contributed by atoms with Crippen molar-refractivity contribution in [2.75, 3.05) is 26.9 Å². The minimum Gasteiger partial charge on any atom is -0.493 e. The topological polar surface area (TPSA) is 114 Å². The molecule has 34 heavy (non-hydrogen) atoms. The van der Waals surface area contributed by atoms with Crippen molar-refractivity contribution >= 4 is 5.91 Å². The number of carbonyl (C=O) groups is 1. The molecule has 0 bridgehead atoms. The van der Waals surface area contributed by atoms with Gasteiger partial charge in [-0.15, -0.1) is 0 Å². The quantitative estimate of drug-likeness (QED) is 0.497. The number of carbonyl (C=O) groups excluding carboxylic acids is 1. The highest BCUT2D eigenvalue weighted by Crippen LogP contribution is 2.39. The lowest BCUT2D eigenvalue weighted by Gasteiger charge is -2.31. The molecular weight excluding hydrogens is 455 g/mol. The number of halogens is 3. The minimum absolute atomic E-state index is 0. The number of nitrogens with zero attached hydrogens (tertiary/aromatic N) is 2. The molecule has 2 rings (SSSR count). The molecule has 0 saturated heterocycles. The van der Waals surface area contributed by atoms with Crippen LogP contribution in [0.3, 0.4) is 0 Å². The highest BCUT2D eigenvalue weighted by molar-refractivity contribution is 5.92. The van der Waals surface area contributed by atoms with Gasteiger partial charge in [0.2, 0.25) is 5.60 Å². The molecule has 1 atom stereocenters. The van der Waals surface area contributed by atoms with Gasteiger partial charge in [0, 0.05) is 11.8 Å². The standard InChI is InChI=1S/C22H28F3N3O5.CH4/c1-12(2)15-8-19(28-14(4)13(15)3)21(31,22(23,24)25)11-27-20(30)16-9-17(32-5)18(10-26-16)33-7-6-29;/h8-10,12,29,31H,6-7,11H2,1-5H3,(H,27,30);1H4. The summed E-state index contributed by atoms with van der Waals surface area (Å²) >= 11 is 0. The summed E-state index contributed by atoms with van der Waals surface area (Å²) in [5.41, 5.74) is -2.54. The third-order valence-corrected chi connectivity index (χ3v) is 5.21. The van der Waals surface area contributed by atoms with Gasteiger partial charge in [0.15, 0.2) is 11.5 Å². The maximum Gasteiger partial charge on any atom is 0.424 e. The second-order valence-electron chi connectivity index (χ2n) is 7.80. The first-order valence-electron chi connectivity index (χ1n) is 10.2. The number of aryl methyl sites for hydroxylation is 1. The van der Waals surface area contributed by atoms with Gasteiger partial charge in [-0.05, 0) is 37.0 Å². The Labute approximate surface area is 197 Å². The molecule has 190 valence electrons. The van der Waals surface area contributed by atoms with E-state index in [0.29, 0.717) is 11.3 Å². The van der Waals surface area contributed by atoms with Crippen molar-refractivity contribution in [3.8, 4) is 11.5 Å². The van der Waals surface area contributed by atoms with E-state index in [2.05, 4.69) is 15.3 Å². The molecule has 1 amide bonds. The van der Waals surface area contributed by atoms with Crippen LogP contribution in [0.15, 0.2) is 18.3 Å². The summed E-state index contributed by atoms with van der Waals surface area (Å²) in [5, 5.41) is 21.6. The lowest BCUT2D eigenvalue weighted by molar-refractivity contribution is -0.265. The molecule has 0 aromatic carbocycles. The van der Waals surface area contributed by atoms with Crippen LogP contribution in [0.4, 0.5) is 13.2 Å². The normalized spacial score (nSPS) is 13.1. The number of ether oxygens (including phenoxy) is 2. The number of rotatable bonds is 9. The molecule has 1 unspecified atom stereocenters. The molecular formula is C23H32F3N3O5. The van der Waals surface area contributed by atoms with Gasteiger partial charge in [-0.3, -0.25) is 9.78 Å². The molecule has 8 nitrogen and oxygen atoms in total. The zero-order chi connectivity index (χ0) is 25.0. The van der Waals surface area contributed by atoms with Crippen LogP contribution in [0, 0.1) is 13.8 Å². The lowest BCUT2D eigenvalue weighted by Crippen LogP contribution is -2.51. The second kappa shape index (κ2) is 11.5. The van der Waals surface area contributed by atoms with Gasteiger partial charge in [-0.1, -0.05) is 21.3 Å². The van der Waals surface area contributed by atoms with Gasteiger partial charge in [0.1, 0.15) is 12.3 Å². The number of amides is 1. The Hall–Kier alpha value is -2.92. The second-order valence-corrected chi connectivity index (χ2v) is 7.80. The van der Waals surface area contributed by atoms with Crippen molar-refractivity contribution in [1.29, 1.82) is 0 Å². The molecule has 0 spiro atoms. The zero-order valence-corrected chi connectivity index (χ0v) is 19.1. The molecule has 0 aliphatic carbocycles. The van der Waals surface area contributed by atoms with E-state index in [4.69, 9.17) is 14.6 Å². The van der Waals surface area contributed by atoms with Crippen LogP contribution >= 0.6 is 0 Å². The van der Waals surface area contributed by atoms with Crippen LogP contribution in [0.2, 0.25) is 0 Å². The van der Waals surface area contributed by atoms with Gasteiger partial charge >= 0.3 is 6.18 Å². The summed E-state index contributed by atoms with van der Waals surface area (Å²) in [4.78, 5) is 20.4. The van der Waals surface area contributed by atoms with Crippen LogP contribution in [0.5, 0.6) is 11.5 Å². The summed E-state index contributed by atoms with van der Waals surface area (Å²) in [6, 6.07) is 2.40. The largest absolute Gasteiger partial charge is 0.493 e. The van der Waals surface area contributed by atoms with E-state index < -0.39 is 29.9 Å². The molecule has 2 aromatic heterocycles. The number of aromatic nitrogens is 2. The number of methoxy groups -OCH3 is 1. The number of alkyl halides is 3. The molecule has 0 fully saturated rings. The molecule has 0 aliphatic rings. The first kappa shape index (κ1) is 29.1. The Morgan fingerprint density at radius 1 is 1.21 bits per heavy atom. The number of pyridine rings is 2. The maximum atomic E-state index is 14.0. The third kappa shape index (κ3) is 6.15. The van der Waals surface area contributed by atoms with Crippen molar-refractivity contribution in [1.82, 2.24) is 15.3 Å². The first-order valence-corrected chi connectivity index (χ1v) is 10.2. The van der Waals surface area contributed by atoms with Crippen LogP contribution in [-0.2, 0) is 5.60 Å². The average molecular weight is 488 g/mol. The Kier molecular flexibility index (Phi) is 9.83. The summed E-state index contributed by atoms with van der Waals surface area (Å²) in [5.74, 6) is -0.805. The van der Waals surface area contributed by atoms with Crippen LogP contribution in [0.25, 0.3) is 0 Å². The Balaban J connectivity index is 0.00000578. The highest BCUT2D eigenvalue weighted by atomic mass is 19.4. The summed E-state index contributed by atoms with van der Waals surface area (Å²) in [7, 11) is 1.31. The predicted molar refractivity (Wildman–Crippen MR) is 120 cm³/mol. The average Bonchev–Trinajstić information content (AvgIpc) is 2.76. The highest BCUT2D eigenvalue weighted by Gasteiger charge is 2.56. The fourth-order valence-electron chi connectivity index (χ4n) is 3.18. The summed E-state index contributed by atoms with van der Waals surface area (Å²) in [6.45, 7) is 5.50. The fourth-order valence-corrected chi connectivity index (χ4v) is 3.18. The van der Waals surface area contributed by atoms with E-state index in [1.165, 1.54) is 19.2 Å². The summed E-state index contributed by atoms with van der Waals surface area (Å²) < 4.78 is 52.3. The van der Waals surface area contributed by atoms with Crippen LogP contribution < -0.4 is 14.8 Å². The van der Waals surface area contributed by atoms with Gasteiger partial charge in [0.25, 0.3) is 5.91 Å². The van der Waals surface area contributed by atoms with Gasteiger partial charge < -0.3 is 25.0 Å². The van der Waals surface area contributed by atoms with E-state index in [9.17, 15) is 23.1 Å².